The first-order valence-electron chi connectivity index (χ1n) is 8.24. The molecule has 1 saturated heterocycles. The van der Waals surface area contributed by atoms with Crippen molar-refractivity contribution in [1.29, 1.82) is 0 Å². The van der Waals surface area contributed by atoms with E-state index in [1.54, 1.807) is 4.90 Å². The first kappa shape index (κ1) is 18.7. The summed E-state index contributed by atoms with van der Waals surface area (Å²) < 4.78 is 5.42. The predicted molar refractivity (Wildman–Crippen MR) is 86.7 cm³/mol. The maximum Gasteiger partial charge on any atom is 0.410 e. The maximum atomic E-state index is 12.1. The topological polar surface area (TPSA) is 70.7 Å². The Morgan fingerprint density at radius 1 is 1.27 bits per heavy atom. The van der Waals surface area contributed by atoms with Gasteiger partial charge in [-0.2, -0.15) is 0 Å². The van der Waals surface area contributed by atoms with Crippen molar-refractivity contribution in [2.45, 2.75) is 71.6 Å². The molecule has 0 radical (unpaired) electrons. The second kappa shape index (κ2) is 8.36. The van der Waals surface area contributed by atoms with Crippen LogP contribution in [0.2, 0.25) is 0 Å². The molecule has 2 atom stereocenters. The molecular weight excluding hydrogens is 282 g/mol. The molecule has 6 heteroatoms. The second-order valence-electron chi connectivity index (χ2n) is 6.88. The summed E-state index contributed by atoms with van der Waals surface area (Å²) in [5, 5.41) is 6.18. The van der Waals surface area contributed by atoms with E-state index in [9.17, 15) is 9.59 Å². The van der Waals surface area contributed by atoms with E-state index in [0.717, 1.165) is 19.3 Å². The van der Waals surface area contributed by atoms with Crippen LogP contribution < -0.4 is 10.6 Å². The molecule has 2 unspecified atom stereocenters. The van der Waals surface area contributed by atoms with Crippen molar-refractivity contribution in [3.8, 4) is 0 Å². The molecule has 22 heavy (non-hydrogen) atoms. The molecule has 1 aliphatic heterocycles. The number of hydrogen-bond acceptors (Lipinski definition) is 4. The van der Waals surface area contributed by atoms with Gasteiger partial charge in [0.2, 0.25) is 5.91 Å². The Bertz CT molecular complexity index is 379. The zero-order valence-electron chi connectivity index (χ0n) is 14.6. The Morgan fingerprint density at radius 2 is 1.95 bits per heavy atom. The van der Waals surface area contributed by atoms with E-state index >= 15 is 0 Å². The number of nitrogens with zero attached hydrogens (tertiary/aromatic N) is 1. The lowest BCUT2D eigenvalue weighted by molar-refractivity contribution is -0.122. The Balaban J connectivity index is 2.45. The first-order valence-corrected chi connectivity index (χ1v) is 8.24. The van der Waals surface area contributed by atoms with Crippen molar-refractivity contribution < 1.29 is 14.3 Å². The van der Waals surface area contributed by atoms with E-state index < -0.39 is 5.60 Å². The number of likely N-dealkylation sites (N-methyl/N-ethyl adjacent to an activating group) is 1. The van der Waals surface area contributed by atoms with Crippen LogP contribution in [0.3, 0.4) is 0 Å². The van der Waals surface area contributed by atoms with Crippen LogP contribution in [-0.2, 0) is 9.53 Å². The van der Waals surface area contributed by atoms with Crippen molar-refractivity contribution in [3.63, 3.8) is 0 Å². The molecule has 0 saturated carbocycles. The number of ether oxygens (including phenoxy) is 1. The molecule has 0 aromatic carbocycles. The maximum absolute atomic E-state index is 12.1. The average Bonchev–Trinajstić information content (AvgIpc) is 2.62. The molecular formula is C16H31N3O3. The molecule has 2 N–H and O–H groups in total. The summed E-state index contributed by atoms with van der Waals surface area (Å²) in [6, 6.07) is 0.0445. The second-order valence-corrected chi connectivity index (χ2v) is 6.88. The number of hydrogen-bond donors (Lipinski definition) is 2. The van der Waals surface area contributed by atoms with Crippen LogP contribution in [0.4, 0.5) is 4.79 Å². The lowest BCUT2D eigenvalue weighted by Gasteiger charge is -2.26. The van der Waals surface area contributed by atoms with Crippen LogP contribution in [0.15, 0.2) is 0 Å². The minimum Gasteiger partial charge on any atom is -0.444 e. The normalized spacial score (nSPS) is 21.0. The van der Waals surface area contributed by atoms with Gasteiger partial charge in [-0.1, -0.05) is 0 Å². The number of nitrogens with one attached hydrogen (secondary N) is 2. The summed E-state index contributed by atoms with van der Waals surface area (Å²) >= 11 is 0. The highest BCUT2D eigenvalue weighted by Gasteiger charge is 2.26. The van der Waals surface area contributed by atoms with Gasteiger partial charge in [-0.3, -0.25) is 4.79 Å². The molecule has 1 fully saturated rings. The van der Waals surface area contributed by atoms with Crippen molar-refractivity contribution in [2.24, 2.45) is 0 Å². The van der Waals surface area contributed by atoms with Gasteiger partial charge < -0.3 is 20.3 Å². The quantitative estimate of drug-likeness (QED) is 0.831. The summed E-state index contributed by atoms with van der Waals surface area (Å²) in [6.45, 7) is 11.4. The van der Waals surface area contributed by atoms with E-state index in [-0.39, 0.29) is 24.1 Å². The van der Waals surface area contributed by atoms with Gasteiger partial charge in [0.05, 0.1) is 6.04 Å². The SMILES string of the molecule is CCNC(=O)C(C)NC1CCCN(C(=O)OC(C)(C)C)CC1. The van der Waals surface area contributed by atoms with Gasteiger partial charge in [0, 0.05) is 25.7 Å². The van der Waals surface area contributed by atoms with Gasteiger partial charge in [0.15, 0.2) is 0 Å². The fourth-order valence-electron chi connectivity index (χ4n) is 2.53. The number of carbonyl (C=O) groups excluding carboxylic acids is 2. The summed E-state index contributed by atoms with van der Waals surface area (Å²) in [5.41, 5.74) is -0.464. The molecule has 6 nitrogen and oxygen atoms in total. The van der Waals surface area contributed by atoms with E-state index in [4.69, 9.17) is 4.74 Å². The molecule has 0 aromatic heterocycles. The standard InChI is InChI=1S/C16H31N3O3/c1-6-17-14(20)12(2)18-13-8-7-10-19(11-9-13)15(21)22-16(3,4)5/h12-13,18H,6-11H2,1-5H3,(H,17,20). The first-order chi connectivity index (χ1) is 10.2. The highest BCUT2D eigenvalue weighted by molar-refractivity contribution is 5.81. The summed E-state index contributed by atoms with van der Waals surface area (Å²) in [5.74, 6) is 0.0238. The van der Waals surface area contributed by atoms with Crippen LogP contribution in [0, 0.1) is 0 Å². The van der Waals surface area contributed by atoms with Gasteiger partial charge in [-0.05, 0) is 53.9 Å². The van der Waals surface area contributed by atoms with Crippen LogP contribution in [0.1, 0.15) is 53.9 Å². The van der Waals surface area contributed by atoms with Crippen molar-refractivity contribution >= 4 is 12.0 Å². The van der Waals surface area contributed by atoms with Crippen LogP contribution in [-0.4, -0.2) is 54.2 Å². The third-order valence-corrected chi connectivity index (χ3v) is 3.61. The Labute approximate surface area is 134 Å². The molecule has 1 rings (SSSR count). The minimum absolute atomic E-state index is 0.0238. The number of carbonyl (C=O) groups is 2. The molecule has 2 amide bonds. The highest BCUT2D eigenvalue weighted by atomic mass is 16.6. The Kier molecular flexibility index (Phi) is 7.13. The van der Waals surface area contributed by atoms with Crippen LogP contribution in [0.5, 0.6) is 0 Å². The molecule has 0 bridgehead atoms. The Hall–Kier alpha value is -1.30. The van der Waals surface area contributed by atoms with E-state index in [2.05, 4.69) is 10.6 Å². The van der Waals surface area contributed by atoms with Gasteiger partial charge in [-0.15, -0.1) is 0 Å². The monoisotopic (exact) mass is 313 g/mol. The predicted octanol–water partition coefficient (Wildman–Crippen LogP) is 1.89. The van der Waals surface area contributed by atoms with E-state index in [1.165, 1.54) is 0 Å². The van der Waals surface area contributed by atoms with Crippen LogP contribution in [0.25, 0.3) is 0 Å². The van der Waals surface area contributed by atoms with E-state index in [0.29, 0.717) is 19.6 Å². The molecule has 0 spiro atoms. The smallest absolute Gasteiger partial charge is 0.410 e. The lowest BCUT2D eigenvalue weighted by atomic mass is 10.1. The summed E-state index contributed by atoms with van der Waals surface area (Å²) in [7, 11) is 0. The fourth-order valence-corrected chi connectivity index (χ4v) is 2.53. The third-order valence-electron chi connectivity index (χ3n) is 3.61. The average molecular weight is 313 g/mol. The largest absolute Gasteiger partial charge is 0.444 e. The number of amides is 2. The summed E-state index contributed by atoms with van der Waals surface area (Å²) in [6.07, 6.45) is 2.47. The van der Waals surface area contributed by atoms with Crippen LogP contribution >= 0.6 is 0 Å². The fraction of sp³-hybridized carbons (Fsp3) is 0.875. The zero-order chi connectivity index (χ0) is 16.8. The molecule has 1 heterocycles. The van der Waals surface area contributed by atoms with Crippen molar-refractivity contribution in [3.05, 3.63) is 0 Å². The summed E-state index contributed by atoms with van der Waals surface area (Å²) in [4.78, 5) is 25.6. The van der Waals surface area contributed by atoms with E-state index in [1.807, 2.05) is 34.6 Å². The zero-order valence-corrected chi connectivity index (χ0v) is 14.6. The Morgan fingerprint density at radius 3 is 2.55 bits per heavy atom. The molecule has 0 aromatic rings. The van der Waals surface area contributed by atoms with Gasteiger partial charge in [-0.25, -0.2) is 4.79 Å². The molecule has 128 valence electrons. The molecule has 1 aliphatic rings. The third kappa shape index (κ3) is 6.64. The van der Waals surface area contributed by atoms with Crippen molar-refractivity contribution in [2.75, 3.05) is 19.6 Å². The molecule has 0 aliphatic carbocycles. The number of likely N-dealkylation sites (tertiary alicyclic amines) is 1. The van der Waals surface area contributed by atoms with Crippen molar-refractivity contribution in [1.82, 2.24) is 15.5 Å². The lowest BCUT2D eigenvalue weighted by Crippen LogP contribution is -2.47. The van der Waals surface area contributed by atoms with Gasteiger partial charge >= 0.3 is 6.09 Å². The van der Waals surface area contributed by atoms with Gasteiger partial charge in [0.1, 0.15) is 5.60 Å². The minimum atomic E-state index is -0.464. The highest BCUT2D eigenvalue weighted by Crippen LogP contribution is 2.15. The van der Waals surface area contributed by atoms with Gasteiger partial charge in [0.25, 0.3) is 0 Å². The number of rotatable bonds is 4.